The number of hydrogen-bond acceptors (Lipinski definition) is 3. The van der Waals surface area contributed by atoms with Gasteiger partial charge in [0.1, 0.15) is 5.82 Å². The van der Waals surface area contributed by atoms with Gasteiger partial charge in [0, 0.05) is 36.5 Å². The molecule has 5 nitrogen and oxygen atoms in total. The van der Waals surface area contributed by atoms with Gasteiger partial charge in [0.25, 0.3) is 5.91 Å². The maximum Gasteiger partial charge on any atom is 0.253 e. The summed E-state index contributed by atoms with van der Waals surface area (Å²) >= 11 is 0. The average molecular weight is 360 g/mol. The Morgan fingerprint density at radius 1 is 1.15 bits per heavy atom. The lowest BCUT2D eigenvalue weighted by atomic mass is 9.76. The smallest absolute Gasteiger partial charge is 0.253 e. The highest BCUT2D eigenvalue weighted by Crippen LogP contribution is 2.50. The molecule has 1 aromatic rings. The molecule has 3 aliphatic rings. The molecule has 2 heterocycles. The van der Waals surface area contributed by atoms with Gasteiger partial charge in [-0.15, -0.1) is 0 Å². The Kier molecular flexibility index (Phi) is 4.69. The summed E-state index contributed by atoms with van der Waals surface area (Å²) in [6, 6.07) is 5.83. The molecular weight excluding hydrogens is 335 g/mol. The summed E-state index contributed by atoms with van der Waals surface area (Å²) in [5, 5.41) is 1.55. The average Bonchev–Trinajstić information content (AvgIpc) is 3.28. The van der Waals surface area contributed by atoms with Crippen LogP contribution >= 0.6 is 0 Å². The Morgan fingerprint density at radius 2 is 2.04 bits per heavy atom. The minimum absolute atomic E-state index is 0.0779. The summed E-state index contributed by atoms with van der Waals surface area (Å²) in [4.78, 5) is 33.1. The summed E-state index contributed by atoms with van der Waals surface area (Å²) in [5.41, 5.74) is 0.225. The summed E-state index contributed by atoms with van der Waals surface area (Å²) in [5.74, 6) is -0.539. The highest BCUT2D eigenvalue weighted by molar-refractivity contribution is 5.94. The first-order valence-corrected chi connectivity index (χ1v) is 9.58. The van der Waals surface area contributed by atoms with E-state index in [9.17, 15) is 14.0 Å². The lowest BCUT2D eigenvalue weighted by Crippen LogP contribution is -2.45. The van der Waals surface area contributed by atoms with Crippen LogP contribution in [0.1, 0.15) is 48.9 Å². The number of hydroxylamine groups is 2. The van der Waals surface area contributed by atoms with Crippen molar-refractivity contribution in [3.05, 3.63) is 35.6 Å². The number of likely N-dealkylation sites (tertiary alicyclic amines) is 1. The van der Waals surface area contributed by atoms with Gasteiger partial charge in [0.2, 0.25) is 5.91 Å². The predicted molar refractivity (Wildman–Crippen MR) is 93.6 cm³/mol. The van der Waals surface area contributed by atoms with Gasteiger partial charge >= 0.3 is 0 Å². The monoisotopic (exact) mass is 360 g/mol. The molecule has 0 aromatic heterocycles. The molecule has 6 heteroatoms. The Morgan fingerprint density at radius 3 is 2.81 bits per heavy atom. The van der Waals surface area contributed by atoms with Gasteiger partial charge in [0.05, 0.1) is 6.61 Å². The maximum atomic E-state index is 13.4. The van der Waals surface area contributed by atoms with E-state index < -0.39 is 5.82 Å². The minimum Gasteiger partial charge on any atom is -0.338 e. The number of halogens is 1. The molecule has 1 aliphatic carbocycles. The molecule has 0 N–H and O–H groups in total. The van der Waals surface area contributed by atoms with Crippen molar-refractivity contribution in [3.8, 4) is 0 Å². The number of benzene rings is 1. The van der Waals surface area contributed by atoms with Crippen LogP contribution in [0.2, 0.25) is 0 Å². The summed E-state index contributed by atoms with van der Waals surface area (Å²) in [6.07, 6.45) is 5.64. The Balaban J connectivity index is 1.48. The molecule has 4 rings (SSSR count). The molecule has 2 atom stereocenters. The maximum absolute atomic E-state index is 13.4. The van der Waals surface area contributed by atoms with Crippen LogP contribution in [0.5, 0.6) is 0 Å². The SMILES string of the molecule is O=C(c1cccc(F)c1)N1CCC2(CCCC2C(=O)N2CCCCO2)C1. The first kappa shape index (κ1) is 17.5. The fourth-order valence-corrected chi connectivity index (χ4v) is 4.83. The van der Waals surface area contributed by atoms with E-state index >= 15 is 0 Å². The first-order valence-electron chi connectivity index (χ1n) is 9.58. The number of hydrogen-bond donors (Lipinski definition) is 0. The molecule has 1 spiro atoms. The lowest BCUT2D eigenvalue weighted by molar-refractivity contribution is -0.204. The molecule has 140 valence electrons. The van der Waals surface area contributed by atoms with Crippen LogP contribution in [0.25, 0.3) is 0 Å². The molecular formula is C20H25FN2O3. The van der Waals surface area contributed by atoms with Crippen molar-refractivity contribution in [3.63, 3.8) is 0 Å². The number of rotatable bonds is 2. The zero-order valence-corrected chi connectivity index (χ0v) is 15.0. The summed E-state index contributed by atoms with van der Waals surface area (Å²) in [6.45, 7) is 2.47. The van der Waals surface area contributed by atoms with E-state index in [4.69, 9.17) is 4.84 Å². The molecule has 26 heavy (non-hydrogen) atoms. The van der Waals surface area contributed by atoms with Gasteiger partial charge in [-0.1, -0.05) is 12.5 Å². The molecule has 2 saturated heterocycles. The van der Waals surface area contributed by atoms with Crippen LogP contribution in [0.15, 0.2) is 24.3 Å². The number of carbonyl (C=O) groups is 2. The summed E-state index contributed by atoms with van der Waals surface area (Å²) in [7, 11) is 0. The van der Waals surface area contributed by atoms with Crippen LogP contribution in [-0.2, 0) is 9.63 Å². The second kappa shape index (κ2) is 6.99. The molecule has 0 bridgehead atoms. The highest BCUT2D eigenvalue weighted by Gasteiger charge is 2.52. The third kappa shape index (κ3) is 3.11. The van der Waals surface area contributed by atoms with E-state index in [1.54, 1.807) is 22.1 Å². The number of carbonyl (C=O) groups excluding carboxylic acids is 2. The molecule has 2 unspecified atom stereocenters. The van der Waals surface area contributed by atoms with Gasteiger partial charge in [0.15, 0.2) is 0 Å². The van der Waals surface area contributed by atoms with E-state index in [0.717, 1.165) is 38.5 Å². The summed E-state index contributed by atoms with van der Waals surface area (Å²) < 4.78 is 13.4. The van der Waals surface area contributed by atoms with Crippen molar-refractivity contribution in [1.82, 2.24) is 9.96 Å². The van der Waals surface area contributed by atoms with Gasteiger partial charge < -0.3 is 4.90 Å². The molecule has 0 radical (unpaired) electrons. The van der Waals surface area contributed by atoms with Crippen molar-refractivity contribution in [2.75, 3.05) is 26.2 Å². The second-order valence-electron chi connectivity index (χ2n) is 7.77. The third-order valence-corrected chi connectivity index (χ3v) is 6.20. The molecule has 1 aromatic carbocycles. The van der Waals surface area contributed by atoms with Crippen molar-refractivity contribution in [2.45, 2.75) is 38.5 Å². The highest BCUT2D eigenvalue weighted by atomic mass is 19.1. The fraction of sp³-hybridized carbons (Fsp3) is 0.600. The van der Waals surface area contributed by atoms with Crippen LogP contribution in [0, 0.1) is 17.2 Å². The van der Waals surface area contributed by atoms with Crippen molar-refractivity contribution in [2.24, 2.45) is 11.3 Å². The van der Waals surface area contributed by atoms with E-state index in [1.165, 1.54) is 12.1 Å². The zero-order valence-electron chi connectivity index (χ0n) is 15.0. The van der Waals surface area contributed by atoms with Crippen LogP contribution < -0.4 is 0 Å². The zero-order chi connectivity index (χ0) is 18.1. The van der Waals surface area contributed by atoms with Gasteiger partial charge in [-0.05, 0) is 50.3 Å². The van der Waals surface area contributed by atoms with E-state index in [2.05, 4.69) is 0 Å². The molecule has 3 fully saturated rings. The van der Waals surface area contributed by atoms with Gasteiger partial charge in [-0.2, -0.15) is 0 Å². The van der Waals surface area contributed by atoms with Crippen LogP contribution in [0.4, 0.5) is 4.39 Å². The Labute approximate surface area is 153 Å². The van der Waals surface area contributed by atoms with E-state index in [0.29, 0.717) is 31.8 Å². The van der Waals surface area contributed by atoms with Crippen molar-refractivity contribution >= 4 is 11.8 Å². The standard InChI is InChI=1S/C20H25FN2O3/c21-16-6-3-5-15(13-16)18(24)22-11-9-20(14-22)8-4-7-17(20)19(25)23-10-1-2-12-26-23/h3,5-6,13,17H,1-2,4,7-12,14H2. The lowest BCUT2D eigenvalue weighted by Gasteiger charge is -2.35. The number of nitrogens with zero attached hydrogens (tertiary/aromatic N) is 2. The number of amides is 2. The van der Waals surface area contributed by atoms with E-state index in [1.807, 2.05) is 0 Å². The van der Waals surface area contributed by atoms with Crippen molar-refractivity contribution in [1.29, 1.82) is 0 Å². The fourth-order valence-electron chi connectivity index (χ4n) is 4.83. The van der Waals surface area contributed by atoms with E-state index in [-0.39, 0.29) is 23.1 Å². The molecule has 2 aliphatic heterocycles. The van der Waals surface area contributed by atoms with Crippen LogP contribution in [-0.4, -0.2) is 48.0 Å². The Bertz CT molecular complexity index is 704. The molecule has 2 amide bonds. The van der Waals surface area contributed by atoms with Gasteiger partial charge in [-0.3, -0.25) is 14.4 Å². The quantitative estimate of drug-likeness (QED) is 0.815. The molecule has 1 saturated carbocycles. The Hall–Kier alpha value is -1.95. The largest absolute Gasteiger partial charge is 0.338 e. The minimum atomic E-state index is -0.402. The van der Waals surface area contributed by atoms with Gasteiger partial charge in [-0.25, -0.2) is 9.45 Å². The first-order chi connectivity index (χ1) is 12.6. The third-order valence-electron chi connectivity index (χ3n) is 6.20. The predicted octanol–water partition coefficient (Wildman–Crippen LogP) is 3.01. The second-order valence-corrected chi connectivity index (χ2v) is 7.77. The normalized spacial score (nSPS) is 28.7. The topological polar surface area (TPSA) is 49.9 Å². The van der Waals surface area contributed by atoms with Crippen LogP contribution in [0.3, 0.4) is 0 Å². The van der Waals surface area contributed by atoms with Crippen molar-refractivity contribution < 1.29 is 18.8 Å².